The summed E-state index contributed by atoms with van der Waals surface area (Å²) in [7, 11) is 1.70. The molecule has 1 amide bonds. The van der Waals surface area contributed by atoms with E-state index in [2.05, 4.69) is 37.8 Å². The van der Waals surface area contributed by atoms with Gasteiger partial charge in [0.25, 0.3) is 0 Å². The Morgan fingerprint density at radius 3 is 2.64 bits per heavy atom. The monoisotopic (exact) mass is 343 g/mol. The maximum absolute atomic E-state index is 13.2. The van der Waals surface area contributed by atoms with Crippen LogP contribution in [0.4, 0.5) is 0 Å². The Balaban J connectivity index is 2.16. The first-order valence-corrected chi connectivity index (χ1v) is 9.74. The van der Waals surface area contributed by atoms with E-state index in [0.29, 0.717) is 12.6 Å². The minimum Gasteiger partial charge on any atom is -0.496 e. The first kappa shape index (κ1) is 19.6. The van der Waals surface area contributed by atoms with Crippen molar-refractivity contribution in [2.75, 3.05) is 7.11 Å². The molecule has 1 aromatic carbocycles. The van der Waals surface area contributed by atoms with E-state index in [-0.39, 0.29) is 5.91 Å². The lowest BCUT2D eigenvalue weighted by atomic mass is 10.0. The molecule has 2 rings (SSSR count). The fourth-order valence-corrected chi connectivity index (χ4v) is 3.28. The van der Waals surface area contributed by atoms with Gasteiger partial charge in [0, 0.05) is 18.2 Å². The van der Waals surface area contributed by atoms with Gasteiger partial charge in [-0.1, -0.05) is 44.9 Å². The SMILES string of the molecule is CCC=C(CCCCC)C(=O)N(Cc1cccc(OC)c1C)C1CC1. The van der Waals surface area contributed by atoms with Gasteiger partial charge in [0.05, 0.1) is 7.11 Å². The molecule has 0 spiro atoms. The number of benzene rings is 1. The summed E-state index contributed by atoms with van der Waals surface area (Å²) in [4.78, 5) is 15.3. The van der Waals surface area contributed by atoms with Crippen molar-refractivity contribution in [2.45, 2.75) is 78.3 Å². The first-order valence-electron chi connectivity index (χ1n) is 9.74. The topological polar surface area (TPSA) is 29.5 Å². The van der Waals surface area contributed by atoms with Gasteiger partial charge in [0.2, 0.25) is 5.91 Å². The van der Waals surface area contributed by atoms with E-state index in [9.17, 15) is 4.79 Å². The molecule has 0 bridgehead atoms. The molecule has 0 saturated heterocycles. The van der Waals surface area contributed by atoms with Crippen molar-refractivity contribution >= 4 is 5.91 Å². The molecule has 0 aromatic heterocycles. The lowest BCUT2D eigenvalue weighted by Gasteiger charge is -2.25. The standard InChI is InChI=1S/C22H33NO2/c1-5-7-8-11-18(10-6-2)22(24)23(20-14-15-20)16-19-12-9-13-21(25-4)17(19)3/h9-10,12-13,20H,5-8,11,14-16H2,1-4H3. The highest BCUT2D eigenvalue weighted by molar-refractivity contribution is 5.93. The van der Waals surface area contributed by atoms with Crippen LogP contribution in [0.3, 0.4) is 0 Å². The molecule has 1 aromatic rings. The van der Waals surface area contributed by atoms with E-state index in [0.717, 1.165) is 49.0 Å². The van der Waals surface area contributed by atoms with Crippen LogP contribution < -0.4 is 4.74 Å². The fraction of sp³-hybridized carbons (Fsp3) is 0.591. The van der Waals surface area contributed by atoms with E-state index in [1.54, 1.807) is 7.11 Å². The van der Waals surface area contributed by atoms with Crippen LogP contribution in [0.2, 0.25) is 0 Å². The van der Waals surface area contributed by atoms with Crippen LogP contribution in [-0.2, 0) is 11.3 Å². The second kappa shape index (κ2) is 9.65. The van der Waals surface area contributed by atoms with Crippen molar-refractivity contribution in [3.8, 4) is 5.75 Å². The molecule has 0 radical (unpaired) electrons. The number of hydrogen-bond acceptors (Lipinski definition) is 2. The fourth-order valence-electron chi connectivity index (χ4n) is 3.28. The summed E-state index contributed by atoms with van der Waals surface area (Å²) in [6, 6.07) is 6.51. The summed E-state index contributed by atoms with van der Waals surface area (Å²) in [5, 5.41) is 0. The summed E-state index contributed by atoms with van der Waals surface area (Å²) < 4.78 is 5.44. The van der Waals surface area contributed by atoms with Crippen molar-refractivity contribution in [1.29, 1.82) is 0 Å². The van der Waals surface area contributed by atoms with Gasteiger partial charge in [-0.3, -0.25) is 4.79 Å². The highest BCUT2D eigenvalue weighted by Gasteiger charge is 2.34. The quantitative estimate of drug-likeness (QED) is 0.420. The van der Waals surface area contributed by atoms with Crippen LogP contribution >= 0.6 is 0 Å². The maximum Gasteiger partial charge on any atom is 0.250 e. The van der Waals surface area contributed by atoms with Gasteiger partial charge >= 0.3 is 0 Å². The molecule has 0 N–H and O–H groups in total. The molecular formula is C22H33NO2. The third kappa shape index (κ3) is 5.35. The number of carbonyl (C=O) groups is 1. The number of allylic oxidation sites excluding steroid dienone is 1. The Morgan fingerprint density at radius 1 is 1.28 bits per heavy atom. The molecule has 25 heavy (non-hydrogen) atoms. The molecule has 0 atom stereocenters. The highest BCUT2D eigenvalue weighted by atomic mass is 16.5. The Labute approximate surface area is 153 Å². The summed E-state index contributed by atoms with van der Waals surface area (Å²) in [6.07, 6.45) is 9.68. The molecule has 1 fully saturated rings. The van der Waals surface area contributed by atoms with Crippen LogP contribution in [-0.4, -0.2) is 24.0 Å². The zero-order chi connectivity index (χ0) is 18.2. The van der Waals surface area contributed by atoms with Gasteiger partial charge in [-0.05, 0) is 56.2 Å². The molecule has 1 aliphatic carbocycles. The number of amides is 1. The first-order chi connectivity index (χ1) is 12.1. The normalized spacial score (nSPS) is 14.5. The number of unbranched alkanes of at least 4 members (excludes halogenated alkanes) is 2. The van der Waals surface area contributed by atoms with Crippen LogP contribution in [0, 0.1) is 6.92 Å². The molecule has 0 unspecified atom stereocenters. The molecular weight excluding hydrogens is 310 g/mol. The Hall–Kier alpha value is -1.77. The second-order valence-electron chi connectivity index (χ2n) is 7.00. The second-order valence-corrected chi connectivity index (χ2v) is 7.00. The van der Waals surface area contributed by atoms with E-state index < -0.39 is 0 Å². The van der Waals surface area contributed by atoms with Gasteiger partial charge in [-0.25, -0.2) is 0 Å². The van der Waals surface area contributed by atoms with Gasteiger partial charge < -0.3 is 9.64 Å². The Morgan fingerprint density at radius 2 is 2.04 bits per heavy atom. The average molecular weight is 344 g/mol. The molecule has 0 heterocycles. The van der Waals surface area contributed by atoms with Crippen molar-refractivity contribution in [3.05, 3.63) is 41.0 Å². The molecule has 3 nitrogen and oxygen atoms in total. The maximum atomic E-state index is 13.2. The number of nitrogens with zero attached hydrogens (tertiary/aromatic N) is 1. The zero-order valence-electron chi connectivity index (χ0n) is 16.3. The number of carbonyl (C=O) groups excluding carboxylic acids is 1. The van der Waals surface area contributed by atoms with E-state index in [1.165, 1.54) is 18.4 Å². The number of hydrogen-bond donors (Lipinski definition) is 0. The smallest absolute Gasteiger partial charge is 0.250 e. The predicted octanol–water partition coefficient (Wildman–Crippen LogP) is 5.41. The van der Waals surface area contributed by atoms with Crippen LogP contribution in [0.5, 0.6) is 5.75 Å². The van der Waals surface area contributed by atoms with E-state index >= 15 is 0 Å². The number of methoxy groups -OCH3 is 1. The van der Waals surface area contributed by atoms with Crippen LogP contribution in [0.15, 0.2) is 29.8 Å². The summed E-state index contributed by atoms with van der Waals surface area (Å²) in [5.74, 6) is 1.13. The minimum absolute atomic E-state index is 0.239. The third-order valence-electron chi connectivity index (χ3n) is 4.98. The lowest BCUT2D eigenvalue weighted by molar-refractivity contribution is -0.128. The molecule has 0 aliphatic heterocycles. The zero-order valence-corrected chi connectivity index (χ0v) is 16.3. The predicted molar refractivity (Wildman–Crippen MR) is 104 cm³/mol. The lowest BCUT2D eigenvalue weighted by Crippen LogP contribution is -2.34. The molecule has 138 valence electrons. The van der Waals surface area contributed by atoms with Crippen LogP contribution in [0.25, 0.3) is 0 Å². The summed E-state index contributed by atoms with van der Waals surface area (Å²) >= 11 is 0. The summed E-state index contributed by atoms with van der Waals surface area (Å²) in [5.41, 5.74) is 3.32. The Bertz CT molecular complexity index is 602. The largest absolute Gasteiger partial charge is 0.496 e. The number of rotatable bonds is 10. The Kier molecular flexibility index (Phi) is 7.54. The molecule has 3 heteroatoms. The highest BCUT2D eigenvalue weighted by Crippen LogP contribution is 2.32. The average Bonchev–Trinajstić information content (AvgIpc) is 3.44. The molecule has 1 saturated carbocycles. The van der Waals surface area contributed by atoms with Gasteiger partial charge in [0.15, 0.2) is 0 Å². The molecule has 1 aliphatic rings. The van der Waals surface area contributed by atoms with E-state index in [1.807, 2.05) is 12.1 Å². The van der Waals surface area contributed by atoms with E-state index in [4.69, 9.17) is 4.74 Å². The third-order valence-corrected chi connectivity index (χ3v) is 4.98. The van der Waals surface area contributed by atoms with Crippen LogP contribution in [0.1, 0.15) is 69.9 Å². The van der Waals surface area contributed by atoms with Gasteiger partial charge in [0.1, 0.15) is 5.75 Å². The number of ether oxygens (including phenoxy) is 1. The van der Waals surface area contributed by atoms with Crippen molar-refractivity contribution < 1.29 is 9.53 Å². The van der Waals surface area contributed by atoms with Crippen molar-refractivity contribution in [2.24, 2.45) is 0 Å². The minimum atomic E-state index is 0.239. The van der Waals surface area contributed by atoms with Crippen molar-refractivity contribution in [3.63, 3.8) is 0 Å². The van der Waals surface area contributed by atoms with Gasteiger partial charge in [-0.15, -0.1) is 0 Å². The van der Waals surface area contributed by atoms with Crippen molar-refractivity contribution in [1.82, 2.24) is 4.90 Å². The van der Waals surface area contributed by atoms with Gasteiger partial charge in [-0.2, -0.15) is 0 Å². The summed E-state index contributed by atoms with van der Waals surface area (Å²) in [6.45, 7) is 7.07.